The van der Waals surface area contributed by atoms with Crippen LogP contribution in [0.2, 0.25) is 0 Å². The van der Waals surface area contributed by atoms with E-state index in [0.717, 1.165) is 30.9 Å². The van der Waals surface area contributed by atoms with E-state index in [4.69, 9.17) is 4.74 Å². The number of likely N-dealkylation sites (N-methyl/N-ethyl adjacent to an activating group) is 1. The molecule has 1 aromatic carbocycles. The Hall–Kier alpha value is -1.31. The van der Waals surface area contributed by atoms with Crippen molar-refractivity contribution in [1.29, 1.82) is 0 Å². The molecule has 2 aliphatic heterocycles. The molecule has 0 radical (unpaired) electrons. The van der Waals surface area contributed by atoms with Crippen molar-refractivity contribution < 1.29 is 13.2 Å². The molecule has 122 valence electrons. The molecule has 1 N–H and O–H groups in total. The maximum atomic E-state index is 12.7. The van der Waals surface area contributed by atoms with E-state index in [0.29, 0.717) is 24.5 Å². The van der Waals surface area contributed by atoms with Crippen molar-refractivity contribution in [1.82, 2.24) is 9.21 Å². The summed E-state index contributed by atoms with van der Waals surface area (Å²) >= 11 is 0. The first-order valence-corrected chi connectivity index (χ1v) is 9.18. The van der Waals surface area contributed by atoms with Gasteiger partial charge in [-0.1, -0.05) is 6.92 Å². The van der Waals surface area contributed by atoms with Gasteiger partial charge in [-0.05, 0) is 31.7 Å². The lowest BCUT2D eigenvalue weighted by molar-refractivity contribution is 0.201. The summed E-state index contributed by atoms with van der Waals surface area (Å²) in [6, 6.07) is 5.09. The number of ether oxygens (including phenoxy) is 1. The molecule has 1 saturated heterocycles. The van der Waals surface area contributed by atoms with Gasteiger partial charge in [0.1, 0.15) is 11.9 Å². The van der Waals surface area contributed by atoms with Crippen molar-refractivity contribution in [2.45, 2.75) is 24.3 Å². The minimum atomic E-state index is -3.43. The van der Waals surface area contributed by atoms with Crippen LogP contribution in [0.1, 0.15) is 13.3 Å². The van der Waals surface area contributed by atoms with E-state index in [-0.39, 0.29) is 6.10 Å². The quantitative estimate of drug-likeness (QED) is 0.905. The Morgan fingerprint density at radius 2 is 2.00 bits per heavy atom. The maximum absolute atomic E-state index is 12.7. The van der Waals surface area contributed by atoms with Gasteiger partial charge in [0.25, 0.3) is 0 Å². The Morgan fingerprint density at radius 1 is 1.27 bits per heavy atom. The molecule has 0 aromatic heterocycles. The fourth-order valence-electron chi connectivity index (χ4n) is 2.76. The van der Waals surface area contributed by atoms with Gasteiger partial charge in [-0.2, -0.15) is 4.31 Å². The second kappa shape index (κ2) is 6.06. The van der Waals surface area contributed by atoms with E-state index >= 15 is 0 Å². The summed E-state index contributed by atoms with van der Waals surface area (Å²) in [7, 11) is -1.42. The molecule has 0 aliphatic carbocycles. The van der Waals surface area contributed by atoms with Gasteiger partial charge in [-0.15, -0.1) is 0 Å². The Morgan fingerprint density at radius 3 is 2.68 bits per heavy atom. The van der Waals surface area contributed by atoms with Crippen molar-refractivity contribution in [3.05, 3.63) is 18.2 Å². The van der Waals surface area contributed by atoms with Gasteiger partial charge >= 0.3 is 0 Å². The molecule has 1 aromatic rings. The summed E-state index contributed by atoms with van der Waals surface area (Å²) in [4.78, 5) is 2.47. The number of hydrogen-bond acceptors (Lipinski definition) is 5. The zero-order valence-electron chi connectivity index (χ0n) is 13.1. The predicted molar refractivity (Wildman–Crippen MR) is 85.9 cm³/mol. The van der Waals surface area contributed by atoms with Crippen LogP contribution in [0.4, 0.5) is 5.69 Å². The fourth-order valence-corrected chi connectivity index (χ4v) is 4.21. The van der Waals surface area contributed by atoms with Crippen molar-refractivity contribution in [2.24, 2.45) is 0 Å². The van der Waals surface area contributed by atoms with Crippen molar-refractivity contribution >= 4 is 15.7 Å². The molecule has 6 nitrogen and oxygen atoms in total. The van der Waals surface area contributed by atoms with Crippen LogP contribution in [-0.2, 0) is 10.0 Å². The van der Waals surface area contributed by atoms with Crippen molar-refractivity contribution in [2.75, 3.05) is 45.1 Å². The number of piperazine rings is 1. The van der Waals surface area contributed by atoms with E-state index in [9.17, 15) is 8.42 Å². The van der Waals surface area contributed by atoms with Gasteiger partial charge in [-0.3, -0.25) is 0 Å². The highest BCUT2D eigenvalue weighted by Crippen LogP contribution is 2.33. The van der Waals surface area contributed by atoms with E-state index in [1.807, 2.05) is 7.05 Å². The van der Waals surface area contributed by atoms with Gasteiger partial charge in [0.05, 0.1) is 17.1 Å². The summed E-state index contributed by atoms with van der Waals surface area (Å²) < 4.78 is 32.9. The monoisotopic (exact) mass is 325 g/mol. The van der Waals surface area contributed by atoms with Crippen LogP contribution in [0.3, 0.4) is 0 Å². The zero-order valence-corrected chi connectivity index (χ0v) is 13.9. The summed E-state index contributed by atoms with van der Waals surface area (Å²) in [6.45, 7) is 5.40. The zero-order chi connectivity index (χ0) is 15.7. The molecule has 0 saturated carbocycles. The smallest absolute Gasteiger partial charge is 0.243 e. The third-order valence-corrected chi connectivity index (χ3v) is 6.21. The largest absolute Gasteiger partial charge is 0.486 e. The summed E-state index contributed by atoms with van der Waals surface area (Å²) in [5.74, 6) is 0.732. The number of sulfonamides is 1. The normalized spacial score (nSPS) is 23.5. The summed E-state index contributed by atoms with van der Waals surface area (Å²) in [5, 5.41) is 3.27. The van der Waals surface area contributed by atoms with E-state index in [1.54, 1.807) is 22.5 Å². The highest BCUT2D eigenvalue weighted by atomic mass is 32.2. The van der Waals surface area contributed by atoms with E-state index < -0.39 is 10.0 Å². The molecule has 0 spiro atoms. The molecule has 1 fully saturated rings. The Labute approximate surface area is 132 Å². The molecule has 3 rings (SSSR count). The number of rotatable bonds is 3. The Balaban J connectivity index is 1.83. The summed E-state index contributed by atoms with van der Waals surface area (Å²) in [5.41, 5.74) is 0.764. The van der Waals surface area contributed by atoms with Crippen molar-refractivity contribution in [3.63, 3.8) is 0 Å². The number of anilines is 1. The van der Waals surface area contributed by atoms with Gasteiger partial charge in [0.15, 0.2) is 0 Å². The molecule has 22 heavy (non-hydrogen) atoms. The lowest BCUT2D eigenvalue weighted by Crippen LogP contribution is -2.47. The van der Waals surface area contributed by atoms with Crippen molar-refractivity contribution in [3.8, 4) is 5.75 Å². The second-order valence-corrected chi connectivity index (χ2v) is 7.83. The Kier molecular flexibility index (Phi) is 4.29. The van der Waals surface area contributed by atoms with Crippen LogP contribution in [0, 0.1) is 0 Å². The number of benzene rings is 1. The van der Waals surface area contributed by atoms with E-state index in [1.165, 1.54) is 0 Å². The number of nitrogens with zero attached hydrogens (tertiary/aromatic N) is 2. The van der Waals surface area contributed by atoms with Gasteiger partial charge in [0.2, 0.25) is 10.0 Å². The molecule has 1 unspecified atom stereocenters. The summed E-state index contributed by atoms with van der Waals surface area (Å²) in [6.07, 6.45) is 1.07. The highest BCUT2D eigenvalue weighted by molar-refractivity contribution is 7.89. The third kappa shape index (κ3) is 2.93. The fraction of sp³-hybridized carbons (Fsp3) is 0.600. The molecule has 7 heteroatoms. The SMILES string of the molecule is CCC1CNc2cc(S(=O)(=O)N3CCN(C)CC3)ccc2O1. The first-order valence-electron chi connectivity index (χ1n) is 7.74. The first kappa shape index (κ1) is 15.6. The third-order valence-electron chi connectivity index (χ3n) is 4.32. The lowest BCUT2D eigenvalue weighted by Gasteiger charge is -2.32. The van der Waals surface area contributed by atoms with Crippen LogP contribution in [0.25, 0.3) is 0 Å². The second-order valence-electron chi connectivity index (χ2n) is 5.89. The number of fused-ring (bicyclic) bond motifs is 1. The average Bonchev–Trinajstić information content (AvgIpc) is 2.54. The minimum Gasteiger partial charge on any atom is -0.486 e. The van der Waals surface area contributed by atoms with Crippen LogP contribution < -0.4 is 10.1 Å². The minimum absolute atomic E-state index is 0.146. The Bertz CT molecular complexity index is 639. The number of hydrogen-bond donors (Lipinski definition) is 1. The van der Waals surface area contributed by atoms with Gasteiger partial charge in [0, 0.05) is 26.2 Å². The predicted octanol–water partition coefficient (Wildman–Crippen LogP) is 1.21. The van der Waals surface area contributed by atoms with Crippen LogP contribution in [-0.4, -0.2) is 63.5 Å². The van der Waals surface area contributed by atoms with Crippen LogP contribution >= 0.6 is 0 Å². The standard InChI is InChI=1S/C15H23N3O3S/c1-3-12-11-16-14-10-13(4-5-15(14)21-12)22(19,20)18-8-6-17(2)7-9-18/h4-5,10,12,16H,3,6-9,11H2,1-2H3. The lowest BCUT2D eigenvalue weighted by atomic mass is 10.2. The van der Waals surface area contributed by atoms with Gasteiger partial charge in [-0.25, -0.2) is 8.42 Å². The molecule has 2 aliphatic rings. The average molecular weight is 325 g/mol. The molecule has 2 heterocycles. The topological polar surface area (TPSA) is 61.9 Å². The molecule has 0 amide bonds. The molecular weight excluding hydrogens is 302 g/mol. The number of nitrogens with one attached hydrogen (secondary N) is 1. The molecular formula is C15H23N3O3S. The van der Waals surface area contributed by atoms with Crippen LogP contribution in [0.5, 0.6) is 5.75 Å². The first-order chi connectivity index (χ1) is 10.5. The molecule has 1 atom stereocenters. The molecule has 0 bridgehead atoms. The maximum Gasteiger partial charge on any atom is 0.243 e. The highest BCUT2D eigenvalue weighted by Gasteiger charge is 2.29. The van der Waals surface area contributed by atoms with E-state index in [2.05, 4.69) is 17.1 Å². The van der Waals surface area contributed by atoms with Crippen LogP contribution in [0.15, 0.2) is 23.1 Å². The van der Waals surface area contributed by atoms with Gasteiger partial charge < -0.3 is 15.0 Å².